The minimum atomic E-state index is -1.40. The fourth-order valence-electron chi connectivity index (χ4n) is 4.95. The number of carboxylic acids is 1. The lowest BCUT2D eigenvalue weighted by molar-refractivity contribution is -0.153. The lowest BCUT2D eigenvalue weighted by atomic mass is 9.74. The Morgan fingerprint density at radius 2 is 1.95 bits per heavy atom. The van der Waals surface area contributed by atoms with E-state index in [9.17, 15) is 9.90 Å². The first-order valence-electron chi connectivity index (χ1n) is 12.4. The fraction of sp³-hybridized carbons (Fsp3) is 0.429. The highest BCUT2D eigenvalue weighted by Crippen LogP contribution is 2.42. The van der Waals surface area contributed by atoms with E-state index >= 15 is 4.39 Å². The number of benzene rings is 2. The number of alkyl halides is 1. The Kier molecular flexibility index (Phi) is 9.57. The number of pyridine rings is 1. The van der Waals surface area contributed by atoms with Crippen molar-refractivity contribution in [3.05, 3.63) is 64.3 Å². The van der Waals surface area contributed by atoms with Gasteiger partial charge in [-0.15, -0.1) is 11.8 Å². The van der Waals surface area contributed by atoms with Gasteiger partial charge in [0, 0.05) is 27.1 Å². The third-order valence-electron chi connectivity index (χ3n) is 7.23. The van der Waals surface area contributed by atoms with E-state index in [1.54, 1.807) is 37.1 Å². The summed E-state index contributed by atoms with van der Waals surface area (Å²) in [6.07, 6.45) is 2.43. The Balaban J connectivity index is 1.32. The lowest BCUT2D eigenvalue weighted by Gasteiger charge is -2.39. The first-order valence-corrected chi connectivity index (χ1v) is 14.2. The summed E-state index contributed by atoms with van der Waals surface area (Å²) in [5.41, 5.74) is 0.0476. The number of hydrogen-bond donors (Lipinski definition) is 1. The second-order valence-corrected chi connectivity index (χ2v) is 11.5. The minimum Gasteiger partial charge on any atom is -0.497 e. The lowest BCUT2D eigenvalue weighted by Crippen LogP contribution is -2.44. The fourth-order valence-corrected chi connectivity index (χ4v) is 6.18. The van der Waals surface area contributed by atoms with Crippen molar-refractivity contribution >= 4 is 51.8 Å². The Morgan fingerprint density at radius 3 is 2.62 bits per heavy atom. The summed E-state index contributed by atoms with van der Waals surface area (Å²) >= 11 is 14.1. The summed E-state index contributed by atoms with van der Waals surface area (Å²) in [5, 5.41) is 11.7. The van der Waals surface area contributed by atoms with Crippen molar-refractivity contribution < 1.29 is 19.0 Å². The van der Waals surface area contributed by atoms with E-state index in [1.807, 2.05) is 24.3 Å². The Morgan fingerprint density at radius 1 is 1.22 bits per heavy atom. The second-order valence-electron chi connectivity index (χ2n) is 9.49. The molecule has 1 N–H and O–H groups in total. The summed E-state index contributed by atoms with van der Waals surface area (Å²) in [6, 6.07) is 13.1. The van der Waals surface area contributed by atoms with Crippen LogP contribution in [-0.2, 0) is 4.79 Å². The number of methoxy groups -OCH3 is 1. The van der Waals surface area contributed by atoms with E-state index in [0.717, 1.165) is 23.7 Å². The van der Waals surface area contributed by atoms with Crippen molar-refractivity contribution in [1.29, 1.82) is 0 Å². The highest BCUT2D eigenvalue weighted by atomic mass is 35.5. The number of halogens is 3. The van der Waals surface area contributed by atoms with Gasteiger partial charge in [-0.3, -0.25) is 9.78 Å². The molecule has 0 amide bonds. The highest BCUT2D eigenvalue weighted by Gasteiger charge is 2.41. The van der Waals surface area contributed by atoms with Crippen LogP contribution in [-0.4, -0.2) is 53.5 Å². The third kappa shape index (κ3) is 6.88. The molecule has 0 saturated carbocycles. The zero-order valence-electron chi connectivity index (χ0n) is 20.8. The number of aromatic nitrogens is 1. The van der Waals surface area contributed by atoms with Crippen molar-refractivity contribution in [2.75, 3.05) is 32.5 Å². The smallest absolute Gasteiger partial charge is 0.309 e. The molecule has 1 atom stereocenters. The molecule has 0 bridgehead atoms. The molecule has 1 aromatic heterocycles. The maximum absolute atomic E-state index is 15.6. The van der Waals surface area contributed by atoms with Crippen LogP contribution >= 0.6 is 35.0 Å². The van der Waals surface area contributed by atoms with E-state index in [1.165, 1.54) is 11.1 Å². The van der Waals surface area contributed by atoms with Gasteiger partial charge in [0.1, 0.15) is 11.9 Å². The van der Waals surface area contributed by atoms with Gasteiger partial charge in [0.25, 0.3) is 0 Å². The normalized spacial score (nSPS) is 16.5. The van der Waals surface area contributed by atoms with Crippen molar-refractivity contribution in [2.45, 2.75) is 43.2 Å². The largest absolute Gasteiger partial charge is 0.497 e. The molecule has 1 aliphatic heterocycles. The van der Waals surface area contributed by atoms with Crippen LogP contribution < -0.4 is 4.74 Å². The summed E-state index contributed by atoms with van der Waals surface area (Å²) < 4.78 is 20.9. The van der Waals surface area contributed by atoms with Crippen LogP contribution in [0, 0.1) is 5.41 Å². The number of likely N-dealkylation sites (tertiary alicyclic amines) is 1. The maximum Gasteiger partial charge on any atom is 0.309 e. The van der Waals surface area contributed by atoms with Gasteiger partial charge in [-0.1, -0.05) is 23.2 Å². The molecule has 37 heavy (non-hydrogen) atoms. The van der Waals surface area contributed by atoms with E-state index in [0.29, 0.717) is 48.1 Å². The molecule has 1 fully saturated rings. The molecule has 2 aromatic carbocycles. The maximum atomic E-state index is 15.6. The van der Waals surface area contributed by atoms with Crippen LogP contribution in [0.2, 0.25) is 10.0 Å². The molecule has 0 radical (unpaired) electrons. The molecule has 2 heterocycles. The van der Waals surface area contributed by atoms with Crippen LogP contribution in [0.4, 0.5) is 4.39 Å². The molecule has 1 saturated heterocycles. The predicted molar refractivity (Wildman–Crippen MR) is 149 cm³/mol. The number of carboxylic acid groups (broad SMARTS) is 1. The van der Waals surface area contributed by atoms with Gasteiger partial charge in [-0.25, -0.2) is 4.39 Å². The average Bonchev–Trinajstić information content (AvgIpc) is 2.91. The number of carbonyl (C=O) groups is 1. The van der Waals surface area contributed by atoms with Gasteiger partial charge in [-0.2, -0.15) is 0 Å². The molecule has 0 aliphatic carbocycles. The third-order valence-corrected chi connectivity index (χ3v) is 8.88. The first-order chi connectivity index (χ1) is 17.8. The number of rotatable bonds is 11. The number of piperidine rings is 1. The van der Waals surface area contributed by atoms with E-state index < -0.39 is 17.6 Å². The van der Waals surface area contributed by atoms with E-state index in [2.05, 4.69) is 9.88 Å². The quantitative estimate of drug-likeness (QED) is 0.190. The zero-order valence-corrected chi connectivity index (χ0v) is 23.1. The number of ether oxygens (including phenoxy) is 1. The van der Waals surface area contributed by atoms with Gasteiger partial charge in [0.05, 0.1) is 23.1 Å². The predicted octanol–water partition coefficient (Wildman–Crippen LogP) is 7.69. The highest BCUT2D eigenvalue weighted by molar-refractivity contribution is 7.99. The van der Waals surface area contributed by atoms with Crippen molar-refractivity contribution in [3.8, 4) is 5.75 Å². The molecule has 0 spiro atoms. The van der Waals surface area contributed by atoms with Crippen molar-refractivity contribution in [1.82, 2.24) is 9.88 Å². The second kappa shape index (κ2) is 12.7. The van der Waals surface area contributed by atoms with Gasteiger partial charge in [-0.05, 0) is 100.0 Å². The number of thioether (sulfide) groups is 1. The van der Waals surface area contributed by atoms with Gasteiger partial charge in [0.2, 0.25) is 0 Å². The standard InChI is InChI=1S/C28H31Cl2FN2O3S/c1-36-20-5-8-25-22(17-20)26(23(30)18-32-25)24(31)9-10-28(27(34)35)11-14-33(15-12-28)13-2-16-37-21-6-3-19(29)4-7-21/h3-8,17-18,24H,2,9-16H2,1H3,(H,34,35)/t24-/m1/s1. The average molecular weight is 566 g/mol. The van der Waals surface area contributed by atoms with Gasteiger partial charge >= 0.3 is 5.97 Å². The Bertz CT molecular complexity index is 1220. The van der Waals surface area contributed by atoms with Crippen molar-refractivity contribution in [2.24, 2.45) is 5.41 Å². The monoisotopic (exact) mass is 564 g/mol. The van der Waals surface area contributed by atoms with Crippen LogP contribution in [0.1, 0.15) is 43.8 Å². The summed E-state index contributed by atoms with van der Waals surface area (Å²) in [5.74, 6) is 0.730. The molecular weight excluding hydrogens is 534 g/mol. The van der Waals surface area contributed by atoms with Crippen LogP contribution in [0.15, 0.2) is 53.6 Å². The number of nitrogens with zero attached hydrogens (tertiary/aromatic N) is 2. The van der Waals surface area contributed by atoms with Crippen molar-refractivity contribution in [3.63, 3.8) is 0 Å². The Hall–Kier alpha value is -2.06. The van der Waals surface area contributed by atoms with Gasteiger partial charge < -0.3 is 14.7 Å². The number of hydrogen-bond acceptors (Lipinski definition) is 5. The molecule has 5 nitrogen and oxygen atoms in total. The molecule has 4 rings (SSSR count). The summed E-state index contributed by atoms with van der Waals surface area (Å²) in [7, 11) is 1.55. The molecule has 1 aliphatic rings. The SMILES string of the molecule is COc1ccc2ncc(Cl)c([C@H](F)CCC3(C(=O)O)CCN(CCCSc4ccc(Cl)cc4)CC3)c2c1. The summed E-state index contributed by atoms with van der Waals surface area (Å²) in [6.45, 7) is 2.32. The van der Waals surface area contributed by atoms with Crippen LogP contribution in [0.3, 0.4) is 0 Å². The van der Waals surface area contributed by atoms with Crippen LogP contribution in [0.25, 0.3) is 10.9 Å². The Labute approximate surface area is 231 Å². The van der Waals surface area contributed by atoms with E-state index in [-0.39, 0.29) is 17.9 Å². The molecule has 9 heteroatoms. The summed E-state index contributed by atoms with van der Waals surface area (Å²) in [4.78, 5) is 20.1. The van der Waals surface area contributed by atoms with E-state index in [4.69, 9.17) is 27.9 Å². The molecule has 0 unspecified atom stereocenters. The first kappa shape index (κ1) is 28.0. The number of fused-ring (bicyclic) bond motifs is 1. The number of aliphatic carboxylic acids is 1. The minimum absolute atomic E-state index is 0.0834. The van der Waals surface area contributed by atoms with Crippen LogP contribution in [0.5, 0.6) is 5.75 Å². The topological polar surface area (TPSA) is 62.7 Å². The molecular formula is C28H31Cl2FN2O3S. The molecule has 3 aromatic rings. The molecule has 198 valence electrons. The zero-order chi connectivity index (χ0) is 26.4. The van der Waals surface area contributed by atoms with Gasteiger partial charge in [0.15, 0.2) is 0 Å².